The van der Waals surface area contributed by atoms with E-state index in [1.165, 1.54) is 0 Å². The summed E-state index contributed by atoms with van der Waals surface area (Å²) in [6, 6.07) is 16.7. The van der Waals surface area contributed by atoms with E-state index in [0.29, 0.717) is 49.2 Å². The van der Waals surface area contributed by atoms with Gasteiger partial charge in [0.2, 0.25) is 11.8 Å². The van der Waals surface area contributed by atoms with Crippen LogP contribution >= 0.6 is 0 Å². The summed E-state index contributed by atoms with van der Waals surface area (Å²) < 4.78 is 21.7. The lowest BCUT2D eigenvalue weighted by Gasteiger charge is -2.26. The van der Waals surface area contributed by atoms with Crippen molar-refractivity contribution in [2.75, 3.05) is 33.4 Å². The van der Waals surface area contributed by atoms with Gasteiger partial charge in [0.1, 0.15) is 23.1 Å². The standard InChI is InChI=1S/C25H23N5O5/c1-32-17-6-4-16(5-7-17)22-21-20(19(14-26)23(27)35-24(21)29-28-22)15-2-8-18(9-3-15)34-25(31)30-10-12-33-13-11-30/h2-9,20H,10-13,27H2,1H3,(H,28,29)/t20-/m0/s1. The molecule has 1 atom stereocenters. The minimum atomic E-state index is -0.524. The number of hydrogen-bond donors (Lipinski definition) is 2. The Morgan fingerprint density at radius 2 is 1.83 bits per heavy atom. The Labute approximate surface area is 201 Å². The van der Waals surface area contributed by atoms with Crippen molar-refractivity contribution in [1.82, 2.24) is 15.1 Å². The summed E-state index contributed by atoms with van der Waals surface area (Å²) in [5.74, 6) is 0.902. The summed E-state index contributed by atoms with van der Waals surface area (Å²) in [6.45, 7) is 1.97. The summed E-state index contributed by atoms with van der Waals surface area (Å²) in [6.07, 6.45) is -0.423. The average molecular weight is 473 g/mol. The van der Waals surface area contributed by atoms with E-state index in [1.54, 1.807) is 36.3 Å². The number of morpholine rings is 1. The van der Waals surface area contributed by atoms with Gasteiger partial charge >= 0.3 is 6.09 Å². The van der Waals surface area contributed by atoms with E-state index in [2.05, 4.69) is 16.3 Å². The molecule has 1 saturated heterocycles. The van der Waals surface area contributed by atoms with E-state index in [1.807, 2.05) is 24.3 Å². The second kappa shape index (κ2) is 9.40. The molecular formula is C25H23N5O5. The van der Waals surface area contributed by atoms with Gasteiger partial charge in [0.05, 0.1) is 37.5 Å². The molecule has 0 saturated carbocycles. The molecule has 2 aromatic carbocycles. The number of methoxy groups -OCH3 is 1. The normalized spacial score (nSPS) is 17.3. The second-order valence-electron chi connectivity index (χ2n) is 8.01. The van der Waals surface area contributed by atoms with Crippen molar-refractivity contribution in [3.63, 3.8) is 0 Å². The Balaban J connectivity index is 1.47. The van der Waals surface area contributed by atoms with Crippen molar-refractivity contribution in [1.29, 1.82) is 5.26 Å². The number of amides is 1. The van der Waals surface area contributed by atoms with Gasteiger partial charge in [-0.15, -0.1) is 5.10 Å². The fourth-order valence-electron chi connectivity index (χ4n) is 4.20. The number of rotatable bonds is 4. The highest BCUT2D eigenvalue weighted by atomic mass is 16.6. The predicted octanol–water partition coefficient (Wildman–Crippen LogP) is 3.13. The molecular weight excluding hydrogens is 450 g/mol. The van der Waals surface area contributed by atoms with E-state index >= 15 is 0 Å². The quantitative estimate of drug-likeness (QED) is 0.590. The predicted molar refractivity (Wildman–Crippen MR) is 125 cm³/mol. The van der Waals surface area contributed by atoms with Gasteiger partial charge in [-0.05, 0) is 42.0 Å². The molecule has 3 N–H and O–H groups in total. The molecule has 10 nitrogen and oxygen atoms in total. The average Bonchev–Trinajstić information content (AvgIpc) is 3.32. The first-order valence-electron chi connectivity index (χ1n) is 11.0. The molecule has 5 rings (SSSR count). The third-order valence-corrected chi connectivity index (χ3v) is 6.01. The van der Waals surface area contributed by atoms with Crippen molar-refractivity contribution in [2.24, 2.45) is 5.73 Å². The van der Waals surface area contributed by atoms with Crippen LogP contribution in [0.15, 0.2) is 60.0 Å². The molecule has 1 aromatic heterocycles. The van der Waals surface area contributed by atoms with Crippen LogP contribution in [0.3, 0.4) is 0 Å². The number of nitrogens with zero attached hydrogens (tertiary/aromatic N) is 3. The zero-order chi connectivity index (χ0) is 24.4. The van der Waals surface area contributed by atoms with Gasteiger partial charge in [0, 0.05) is 18.7 Å². The Hall–Kier alpha value is -4.49. The van der Waals surface area contributed by atoms with Crippen LogP contribution in [0.4, 0.5) is 4.79 Å². The van der Waals surface area contributed by atoms with Crippen LogP contribution in [0.5, 0.6) is 17.4 Å². The second-order valence-corrected chi connectivity index (χ2v) is 8.01. The van der Waals surface area contributed by atoms with Crippen LogP contribution in [0.25, 0.3) is 11.3 Å². The minimum Gasteiger partial charge on any atom is -0.497 e. The number of nitriles is 1. The number of hydrogen-bond acceptors (Lipinski definition) is 8. The van der Waals surface area contributed by atoms with Crippen LogP contribution in [-0.2, 0) is 4.74 Å². The largest absolute Gasteiger partial charge is 0.497 e. The molecule has 1 amide bonds. The Morgan fingerprint density at radius 1 is 1.14 bits per heavy atom. The van der Waals surface area contributed by atoms with Gasteiger partial charge < -0.3 is 29.6 Å². The molecule has 2 aliphatic heterocycles. The molecule has 0 radical (unpaired) electrons. The van der Waals surface area contributed by atoms with Crippen molar-refractivity contribution in [3.05, 3.63) is 71.1 Å². The number of ether oxygens (including phenoxy) is 4. The number of carbonyl (C=O) groups excluding carboxylic acids is 1. The van der Waals surface area contributed by atoms with E-state index < -0.39 is 12.0 Å². The zero-order valence-electron chi connectivity index (χ0n) is 19.0. The molecule has 10 heteroatoms. The Bertz CT molecular complexity index is 1300. The maximum Gasteiger partial charge on any atom is 0.415 e. The lowest BCUT2D eigenvalue weighted by Crippen LogP contribution is -2.42. The Morgan fingerprint density at radius 3 is 2.49 bits per heavy atom. The maximum atomic E-state index is 12.4. The summed E-state index contributed by atoms with van der Waals surface area (Å²) in [7, 11) is 1.60. The lowest BCUT2D eigenvalue weighted by molar-refractivity contribution is 0.0416. The first kappa shape index (κ1) is 22.3. The molecule has 3 heterocycles. The highest BCUT2D eigenvalue weighted by Gasteiger charge is 2.35. The molecule has 1 fully saturated rings. The molecule has 2 aliphatic rings. The number of nitrogens with one attached hydrogen (secondary N) is 1. The van der Waals surface area contributed by atoms with Crippen molar-refractivity contribution >= 4 is 6.09 Å². The van der Waals surface area contributed by atoms with Crippen LogP contribution in [0, 0.1) is 11.3 Å². The number of nitrogens with two attached hydrogens (primary N) is 1. The van der Waals surface area contributed by atoms with Crippen molar-refractivity contribution in [3.8, 4) is 34.7 Å². The SMILES string of the molecule is COc1ccc(-c2[nH]nc3c2[C@@H](c2ccc(OC(=O)N4CCOCC4)cc2)C(C#N)=C(N)O3)cc1. The monoisotopic (exact) mass is 473 g/mol. The summed E-state index contributed by atoms with van der Waals surface area (Å²) in [4.78, 5) is 14.0. The molecule has 0 unspecified atom stereocenters. The summed E-state index contributed by atoms with van der Waals surface area (Å²) in [5.41, 5.74) is 9.37. The van der Waals surface area contributed by atoms with Crippen molar-refractivity contribution in [2.45, 2.75) is 5.92 Å². The number of carbonyl (C=O) groups is 1. The van der Waals surface area contributed by atoms with Gasteiger partial charge in [-0.2, -0.15) is 5.26 Å². The highest BCUT2D eigenvalue weighted by molar-refractivity contribution is 5.72. The zero-order valence-corrected chi connectivity index (χ0v) is 19.0. The summed E-state index contributed by atoms with van der Waals surface area (Å²) >= 11 is 0. The number of H-pyrrole nitrogens is 1. The molecule has 3 aromatic rings. The first-order valence-corrected chi connectivity index (χ1v) is 11.0. The fraction of sp³-hybridized carbons (Fsp3) is 0.240. The van der Waals surface area contributed by atoms with Crippen LogP contribution < -0.4 is 19.9 Å². The summed E-state index contributed by atoms with van der Waals surface area (Å²) in [5, 5.41) is 17.2. The Kier molecular flexibility index (Phi) is 5.99. The molecule has 0 aliphatic carbocycles. The van der Waals surface area contributed by atoms with E-state index in [9.17, 15) is 10.1 Å². The lowest BCUT2D eigenvalue weighted by atomic mass is 9.83. The maximum absolute atomic E-state index is 12.4. The van der Waals surface area contributed by atoms with Gasteiger partial charge in [0.25, 0.3) is 0 Å². The van der Waals surface area contributed by atoms with Gasteiger partial charge in [-0.25, -0.2) is 4.79 Å². The van der Waals surface area contributed by atoms with E-state index in [4.69, 9.17) is 24.7 Å². The molecule has 0 spiro atoms. The third kappa shape index (κ3) is 4.25. The topological polar surface area (TPSA) is 136 Å². The number of aromatic amines is 1. The molecule has 178 valence electrons. The molecule has 35 heavy (non-hydrogen) atoms. The number of benzene rings is 2. The first-order chi connectivity index (χ1) is 17.1. The number of fused-ring (bicyclic) bond motifs is 1. The van der Waals surface area contributed by atoms with Crippen LogP contribution in [0.1, 0.15) is 17.0 Å². The van der Waals surface area contributed by atoms with Crippen molar-refractivity contribution < 1.29 is 23.7 Å². The fourth-order valence-corrected chi connectivity index (χ4v) is 4.20. The van der Waals surface area contributed by atoms with E-state index in [0.717, 1.165) is 16.9 Å². The third-order valence-electron chi connectivity index (χ3n) is 6.01. The van der Waals surface area contributed by atoms with Gasteiger partial charge in [-0.3, -0.25) is 5.10 Å². The smallest absolute Gasteiger partial charge is 0.415 e. The van der Waals surface area contributed by atoms with Crippen LogP contribution in [-0.4, -0.2) is 54.6 Å². The number of aromatic nitrogens is 2. The minimum absolute atomic E-state index is 0.000558. The van der Waals surface area contributed by atoms with E-state index in [-0.39, 0.29) is 11.5 Å². The highest BCUT2D eigenvalue weighted by Crippen LogP contribution is 2.45. The number of allylic oxidation sites excluding steroid dienone is 1. The molecule has 0 bridgehead atoms. The van der Waals surface area contributed by atoms with Gasteiger partial charge in [0.15, 0.2) is 0 Å². The van der Waals surface area contributed by atoms with Crippen LogP contribution in [0.2, 0.25) is 0 Å². The van der Waals surface area contributed by atoms with Gasteiger partial charge in [-0.1, -0.05) is 12.1 Å².